The summed E-state index contributed by atoms with van der Waals surface area (Å²) in [4.78, 5) is 13.2. The van der Waals surface area contributed by atoms with Gasteiger partial charge in [-0.3, -0.25) is 9.69 Å². The van der Waals surface area contributed by atoms with E-state index >= 15 is 0 Å². The number of nitrogens with zero attached hydrogens (tertiary/aromatic N) is 1. The fourth-order valence-electron chi connectivity index (χ4n) is 2.59. The largest absolute Gasteiger partial charge is 0.497 e. The number of hydrogen-bond acceptors (Lipinski definition) is 3. The molecule has 1 unspecified atom stereocenters. The molecule has 0 bridgehead atoms. The highest BCUT2D eigenvalue weighted by atomic mass is 16.5. The number of aliphatic carboxylic acids is 1. The van der Waals surface area contributed by atoms with Gasteiger partial charge in [0.15, 0.2) is 0 Å². The number of methoxy groups -OCH3 is 1. The average molecular weight is 249 g/mol. The summed E-state index contributed by atoms with van der Waals surface area (Å²) in [7, 11) is 1.64. The zero-order chi connectivity index (χ0) is 13.1. The zero-order valence-corrected chi connectivity index (χ0v) is 10.8. The van der Waals surface area contributed by atoms with E-state index in [1.165, 1.54) is 0 Å². The molecule has 18 heavy (non-hydrogen) atoms. The van der Waals surface area contributed by atoms with Gasteiger partial charge in [-0.05, 0) is 44.0 Å². The highest BCUT2D eigenvalue weighted by Gasteiger charge is 2.33. The number of carbonyl (C=O) groups is 1. The van der Waals surface area contributed by atoms with Crippen molar-refractivity contribution in [3.8, 4) is 5.75 Å². The smallest absolute Gasteiger partial charge is 0.320 e. The van der Waals surface area contributed by atoms with Crippen LogP contribution in [0.15, 0.2) is 24.3 Å². The van der Waals surface area contributed by atoms with E-state index in [4.69, 9.17) is 4.74 Å². The first kappa shape index (κ1) is 12.9. The van der Waals surface area contributed by atoms with Crippen LogP contribution in [0.4, 0.5) is 0 Å². The van der Waals surface area contributed by atoms with Crippen LogP contribution >= 0.6 is 0 Å². The molecule has 1 saturated heterocycles. The quantitative estimate of drug-likeness (QED) is 0.889. The summed E-state index contributed by atoms with van der Waals surface area (Å²) in [5.74, 6) is 0.106. The van der Waals surface area contributed by atoms with E-state index in [0.29, 0.717) is 0 Å². The van der Waals surface area contributed by atoms with Crippen LogP contribution in [0.1, 0.15) is 31.4 Å². The molecule has 4 heteroatoms. The van der Waals surface area contributed by atoms with E-state index in [1.54, 1.807) is 7.11 Å². The van der Waals surface area contributed by atoms with E-state index in [2.05, 4.69) is 11.8 Å². The molecule has 0 spiro atoms. The third-order valence-electron chi connectivity index (χ3n) is 3.67. The number of hydrogen-bond donors (Lipinski definition) is 1. The maximum absolute atomic E-state index is 11.2. The van der Waals surface area contributed by atoms with E-state index in [9.17, 15) is 9.90 Å². The molecule has 1 heterocycles. The van der Waals surface area contributed by atoms with Crippen molar-refractivity contribution < 1.29 is 14.6 Å². The second kappa shape index (κ2) is 5.40. The lowest BCUT2D eigenvalue weighted by atomic mass is 10.1. The SMILES string of the molecule is COc1ccc(C(C)N2CCC[C@H]2C(=O)O)cc1. The summed E-state index contributed by atoms with van der Waals surface area (Å²) >= 11 is 0. The average Bonchev–Trinajstić information content (AvgIpc) is 2.87. The Balaban J connectivity index is 2.14. The minimum absolute atomic E-state index is 0.125. The summed E-state index contributed by atoms with van der Waals surface area (Å²) in [6.45, 7) is 2.91. The third-order valence-corrected chi connectivity index (χ3v) is 3.67. The molecule has 2 rings (SSSR count). The second-order valence-corrected chi connectivity index (χ2v) is 4.68. The standard InChI is InChI=1S/C14H19NO3/c1-10(11-5-7-12(18-2)8-6-11)15-9-3-4-13(15)14(16)17/h5-8,10,13H,3-4,9H2,1-2H3,(H,16,17)/t10?,13-/m0/s1. The fraction of sp³-hybridized carbons (Fsp3) is 0.500. The predicted octanol–water partition coefficient (Wildman–Crippen LogP) is 2.31. The Morgan fingerprint density at radius 3 is 2.67 bits per heavy atom. The lowest BCUT2D eigenvalue weighted by Crippen LogP contribution is -2.37. The van der Waals surface area contributed by atoms with Crippen LogP contribution in [0.25, 0.3) is 0 Å². The van der Waals surface area contributed by atoms with Crippen LogP contribution in [-0.4, -0.2) is 35.7 Å². The second-order valence-electron chi connectivity index (χ2n) is 4.68. The molecule has 0 saturated carbocycles. The predicted molar refractivity (Wildman–Crippen MR) is 68.8 cm³/mol. The van der Waals surface area contributed by atoms with Gasteiger partial charge in [0, 0.05) is 6.04 Å². The first-order chi connectivity index (χ1) is 8.63. The van der Waals surface area contributed by atoms with Crippen LogP contribution in [-0.2, 0) is 4.79 Å². The molecular weight excluding hydrogens is 230 g/mol. The van der Waals surface area contributed by atoms with Gasteiger partial charge >= 0.3 is 5.97 Å². The van der Waals surface area contributed by atoms with Gasteiger partial charge in [0.2, 0.25) is 0 Å². The fourth-order valence-corrected chi connectivity index (χ4v) is 2.59. The van der Waals surface area contributed by atoms with Crippen molar-refractivity contribution in [1.82, 2.24) is 4.90 Å². The van der Waals surface area contributed by atoms with Gasteiger partial charge < -0.3 is 9.84 Å². The third kappa shape index (κ3) is 2.48. The van der Waals surface area contributed by atoms with Gasteiger partial charge in [-0.25, -0.2) is 0 Å². The monoisotopic (exact) mass is 249 g/mol. The van der Waals surface area contributed by atoms with Crippen molar-refractivity contribution in [3.63, 3.8) is 0 Å². The van der Waals surface area contributed by atoms with Gasteiger partial charge in [0.25, 0.3) is 0 Å². The summed E-state index contributed by atoms with van der Waals surface area (Å²) in [6.07, 6.45) is 1.70. The Bertz CT molecular complexity index is 416. The first-order valence-electron chi connectivity index (χ1n) is 6.26. The molecule has 1 N–H and O–H groups in total. The van der Waals surface area contributed by atoms with Crippen molar-refractivity contribution >= 4 is 5.97 Å². The molecular formula is C14H19NO3. The minimum Gasteiger partial charge on any atom is -0.497 e. The van der Waals surface area contributed by atoms with Gasteiger partial charge in [0.05, 0.1) is 7.11 Å². The normalized spacial score (nSPS) is 21.8. The zero-order valence-electron chi connectivity index (χ0n) is 10.8. The molecule has 1 aliphatic rings. The molecule has 98 valence electrons. The molecule has 1 aliphatic heterocycles. The summed E-state index contributed by atoms with van der Waals surface area (Å²) in [5.41, 5.74) is 1.13. The number of benzene rings is 1. The van der Waals surface area contributed by atoms with E-state index in [-0.39, 0.29) is 12.1 Å². The molecule has 0 aromatic heterocycles. The van der Waals surface area contributed by atoms with Crippen LogP contribution in [0, 0.1) is 0 Å². The van der Waals surface area contributed by atoms with Crippen molar-refractivity contribution in [2.45, 2.75) is 31.8 Å². The van der Waals surface area contributed by atoms with Gasteiger partial charge in [0.1, 0.15) is 11.8 Å². The number of carboxylic acids is 1. The number of likely N-dealkylation sites (tertiary alicyclic amines) is 1. The van der Waals surface area contributed by atoms with Gasteiger partial charge in [-0.2, -0.15) is 0 Å². The molecule has 2 atom stereocenters. The maximum atomic E-state index is 11.2. The van der Waals surface area contributed by atoms with E-state index in [0.717, 1.165) is 30.7 Å². The molecule has 1 aromatic rings. The Morgan fingerprint density at radius 2 is 2.11 bits per heavy atom. The minimum atomic E-state index is -0.715. The maximum Gasteiger partial charge on any atom is 0.320 e. The number of rotatable bonds is 4. The molecule has 1 aromatic carbocycles. The summed E-state index contributed by atoms with van der Waals surface area (Å²) < 4.78 is 5.13. The summed E-state index contributed by atoms with van der Waals surface area (Å²) in [5, 5.41) is 9.20. The van der Waals surface area contributed by atoms with Crippen molar-refractivity contribution in [1.29, 1.82) is 0 Å². The van der Waals surface area contributed by atoms with Gasteiger partial charge in [-0.15, -0.1) is 0 Å². The molecule has 0 radical (unpaired) electrons. The Labute approximate surface area is 107 Å². The lowest BCUT2D eigenvalue weighted by Gasteiger charge is -2.28. The molecule has 0 aliphatic carbocycles. The van der Waals surface area contributed by atoms with E-state index < -0.39 is 5.97 Å². The van der Waals surface area contributed by atoms with Crippen molar-refractivity contribution in [2.75, 3.05) is 13.7 Å². The Kier molecular flexibility index (Phi) is 3.87. The highest BCUT2D eigenvalue weighted by molar-refractivity contribution is 5.73. The molecule has 1 fully saturated rings. The first-order valence-corrected chi connectivity index (χ1v) is 6.26. The van der Waals surface area contributed by atoms with Crippen molar-refractivity contribution in [2.24, 2.45) is 0 Å². The summed E-state index contributed by atoms with van der Waals surface area (Å²) in [6, 6.07) is 7.61. The number of carboxylic acid groups (broad SMARTS) is 1. The number of ether oxygens (including phenoxy) is 1. The van der Waals surface area contributed by atoms with Crippen LogP contribution in [0.2, 0.25) is 0 Å². The van der Waals surface area contributed by atoms with Gasteiger partial charge in [-0.1, -0.05) is 12.1 Å². The van der Waals surface area contributed by atoms with Crippen LogP contribution in [0.3, 0.4) is 0 Å². The highest BCUT2D eigenvalue weighted by Crippen LogP contribution is 2.30. The van der Waals surface area contributed by atoms with Crippen LogP contribution in [0.5, 0.6) is 5.75 Å². The van der Waals surface area contributed by atoms with E-state index in [1.807, 2.05) is 24.3 Å². The molecule has 4 nitrogen and oxygen atoms in total. The Hall–Kier alpha value is -1.55. The van der Waals surface area contributed by atoms with Crippen LogP contribution < -0.4 is 4.74 Å². The van der Waals surface area contributed by atoms with Crippen molar-refractivity contribution in [3.05, 3.63) is 29.8 Å². The topological polar surface area (TPSA) is 49.8 Å². The Morgan fingerprint density at radius 1 is 1.44 bits per heavy atom. The molecule has 0 amide bonds. The lowest BCUT2D eigenvalue weighted by molar-refractivity contribution is -0.142.